The van der Waals surface area contributed by atoms with Crippen molar-refractivity contribution in [1.29, 1.82) is 0 Å². The van der Waals surface area contributed by atoms with Gasteiger partial charge in [0.1, 0.15) is 11.5 Å². The smallest absolute Gasteiger partial charge is 0.117 e. The molecule has 106 valence electrons. The zero-order valence-electron chi connectivity index (χ0n) is 11.6. The maximum Gasteiger partial charge on any atom is 0.117 e. The third kappa shape index (κ3) is 3.19. The van der Waals surface area contributed by atoms with Crippen LogP contribution in [0.3, 0.4) is 0 Å². The van der Waals surface area contributed by atoms with Crippen molar-refractivity contribution in [3.63, 3.8) is 0 Å². The van der Waals surface area contributed by atoms with Crippen LogP contribution < -0.4 is 5.32 Å². The van der Waals surface area contributed by atoms with Gasteiger partial charge in [0, 0.05) is 25.9 Å². The first-order valence-corrected chi connectivity index (χ1v) is 7.26. The maximum absolute atomic E-state index is 6.05. The van der Waals surface area contributed by atoms with E-state index in [9.17, 15) is 0 Å². The fourth-order valence-corrected chi connectivity index (χ4v) is 3.12. The van der Waals surface area contributed by atoms with E-state index in [0.29, 0.717) is 6.04 Å². The van der Waals surface area contributed by atoms with Gasteiger partial charge >= 0.3 is 0 Å². The van der Waals surface area contributed by atoms with Gasteiger partial charge in [-0.3, -0.25) is 0 Å². The van der Waals surface area contributed by atoms with E-state index in [1.807, 2.05) is 19.1 Å². The molecular weight excluding hydrogens is 242 g/mol. The predicted molar refractivity (Wildman–Crippen MR) is 72.0 cm³/mol. The standard InChI is InChI=1S/C15H23NO3/c1-12-2-3-14(19-12)11-16-13-4-7-18-15(10-13)5-8-17-9-6-15/h2-3,13,16H,4-11H2,1H3/t13-/m1/s1. The molecule has 0 saturated carbocycles. The summed E-state index contributed by atoms with van der Waals surface area (Å²) >= 11 is 0. The number of aryl methyl sites for hydroxylation is 1. The minimum atomic E-state index is 0.0627. The maximum atomic E-state index is 6.05. The lowest BCUT2D eigenvalue weighted by molar-refractivity contribution is -0.140. The quantitative estimate of drug-likeness (QED) is 0.911. The van der Waals surface area contributed by atoms with Gasteiger partial charge in [0.2, 0.25) is 0 Å². The average Bonchev–Trinajstić information content (AvgIpc) is 2.83. The van der Waals surface area contributed by atoms with E-state index in [4.69, 9.17) is 13.9 Å². The van der Waals surface area contributed by atoms with Crippen LogP contribution in [0.5, 0.6) is 0 Å². The van der Waals surface area contributed by atoms with Gasteiger partial charge in [0.25, 0.3) is 0 Å². The molecule has 2 aliphatic rings. The van der Waals surface area contributed by atoms with Gasteiger partial charge in [-0.1, -0.05) is 0 Å². The highest BCUT2D eigenvalue weighted by molar-refractivity contribution is 5.05. The van der Waals surface area contributed by atoms with Gasteiger partial charge in [-0.2, -0.15) is 0 Å². The molecule has 1 atom stereocenters. The Hall–Kier alpha value is -0.840. The molecule has 1 aromatic heterocycles. The Morgan fingerprint density at radius 2 is 2.11 bits per heavy atom. The van der Waals surface area contributed by atoms with Gasteiger partial charge in [0.15, 0.2) is 0 Å². The van der Waals surface area contributed by atoms with Crippen LogP contribution in [0.1, 0.15) is 37.2 Å². The summed E-state index contributed by atoms with van der Waals surface area (Å²) in [5, 5.41) is 3.61. The Balaban J connectivity index is 1.53. The molecule has 4 heteroatoms. The van der Waals surface area contributed by atoms with Crippen molar-refractivity contribution in [3.05, 3.63) is 23.7 Å². The molecular formula is C15H23NO3. The van der Waals surface area contributed by atoms with Crippen LogP contribution in [-0.4, -0.2) is 31.5 Å². The molecule has 0 unspecified atom stereocenters. The summed E-state index contributed by atoms with van der Waals surface area (Å²) in [6.07, 6.45) is 4.24. The minimum Gasteiger partial charge on any atom is -0.465 e. The van der Waals surface area contributed by atoms with Crippen LogP contribution in [0, 0.1) is 6.92 Å². The molecule has 3 heterocycles. The second-order valence-corrected chi connectivity index (χ2v) is 5.73. The van der Waals surface area contributed by atoms with E-state index in [0.717, 1.165) is 63.6 Å². The summed E-state index contributed by atoms with van der Waals surface area (Å²) in [5.41, 5.74) is 0.0627. The lowest BCUT2D eigenvalue weighted by Crippen LogP contribution is -2.49. The summed E-state index contributed by atoms with van der Waals surface area (Å²) in [5.74, 6) is 2.00. The van der Waals surface area contributed by atoms with Gasteiger partial charge in [-0.05, 0) is 44.7 Å². The largest absolute Gasteiger partial charge is 0.465 e. The summed E-state index contributed by atoms with van der Waals surface area (Å²) in [7, 11) is 0. The van der Waals surface area contributed by atoms with Crippen LogP contribution in [0.4, 0.5) is 0 Å². The van der Waals surface area contributed by atoms with E-state index < -0.39 is 0 Å². The highest BCUT2D eigenvalue weighted by atomic mass is 16.5. The summed E-state index contributed by atoms with van der Waals surface area (Å²) in [6, 6.07) is 4.59. The first kappa shape index (κ1) is 13.2. The van der Waals surface area contributed by atoms with Crippen LogP contribution >= 0.6 is 0 Å². The van der Waals surface area contributed by atoms with Gasteiger partial charge < -0.3 is 19.2 Å². The predicted octanol–water partition coefficient (Wildman–Crippen LogP) is 2.41. The Morgan fingerprint density at radius 1 is 1.26 bits per heavy atom. The molecule has 0 aliphatic carbocycles. The summed E-state index contributed by atoms with van der Waals surface area (Å²) in [4.78, 5) is 0. The molecule has 1 spiro atoms. The van der Waals surface area contributed by atoms with Crippen LogP contribution in [-0.2, 0) is 16.0 Å². The first-order valence-electron chi connectivity index (χ1n) is 7.26. The zero-order valence-corrected chi connectivity index (χ0v) is 11.6. The lowest BCUT2D eigenvalue weighted by atomic mass is 9.84. The van der Waals surface area contributed by atoms with Crippen molar-refractivity contribution in [1.82, 2.24) is 5.32 Å². The Bertz CT molecular complexity index is 404. The SMILES string of the molecule is Cc1ccc(CN[C@@H]2CCOC3(CCOCC3)C2)o1. The molecule has 0 aromatic carbocycles. The van der Waals surface area contributed by atoms with Crippen LogP contribution in [0.15, 0.2) is 16.5 Å². The highest BCUT2D eigenvalue weighted by Crippen LogP contribution is 2.34. The summed E-state index contributed by atoms with van der Waals surface area (Å²) in [6.45, 7) is 5.32. The van der Waals surface area contributed by atoms with Crippen molar-refractivity contribution in [2.75, 3.05) is 19.8 Å². The van der Waals surface area contributed by atoms with Gasteiger partial charge in [-0.15, -0.1) is 0 Å². The third-order valence-corrected chi connectivity index (χ3v) is 4.26. The van der Waals surface area contributed by atoms with E-state index >= 15 is 0 Å². The fraction of sp³-hybridized carbons (Fsp3) is 0.733. The Labute approximate surface area is 114 Å². The van der Waals surface area contributed by atoms with Crippen LogP contribution in [0.25, 0.3) is 0 Å². The van der Waals surface area contributed by atoms with Crippen LogP contribution in [0.2, 0.25) is 0 Å². The molecule has 2 saturated heterocycles. The van der Waals surface area contributed by atoms with Gasteiger partial charge in [-0.25, -0.2) is 0 Å². The van der Waals surface area contributed by atoms with Crippen molar-refractivity contribution >= 4 is 0 Å². The normalized spacial score (nSPS) is 26.7. The van der Waals surface area contributed by atoms with Crippen molar-refractivity contribution in [2.45, 2.75) is 50.8 Å². The molecule has 1 N–H and O–H groups in total. The fourth-order valence-electron chi connectivity index (χ4n) is 3.12. The van der Waals surface area contributed by atoms with Crippen molar-refractivity contribution in [3.8, 4) is 0 Å². The number of hydrogen-bond acceptors (Lipinski definition) is 4. The molecule has 0 bridgehead atoms. The lowest BCUT2D eigenvalue weighted by Gasteiger charge is -2.43. The van der Waals surface area contributed by atoms with Crippen molar-refractivity contribution < 1.29 is 13.9 Å². The second-order valence-electron chi connectivity index (χ2n) is 5.73. The topological polar surface area (TPSA) is 43.6 Å². The minimum absolute atomic E-state index is 0.0627. The second kappa shape index (κ2) is 5.65. The molecule has 19 heavy (non-hydrogen) atoms. The Kier molecular flexibility index (Phi) is 3.91. The first-order chi connectivity index (χ1) is 9.26. The number of rotatable bonds is 3. The number of hydrogen-bond donors (Lipinski definition) is 1. The zero-order chi connectivity index (χ0) is 13.1. The van der Waals surface area contributed by atoms with E-state index in [1.54, 1.807) is 0 Å². The molecule has 4 nitrogen and oxygen atoms in total. The molecule has 0 amide bonds. The Morgan fingerprint density at radius 3 is 2.84 bits per heavy atom. The number of furan rings is 1. The van der Waals surface area contributed by atoms with E-state index in [2.05, 4.69) is 5.32 Å². The van der Waals surface area contributed by atoms with Gasteiger partial charge in [0.05, 0.1) is 12.1 Å². The highest BCUT2D eigenvalue weighted by Gasteiger charge is 2.38. The van der Waals surface area contributed by atoms with E-state index in [-0.39, 0.29) is 5.60 Å². The number of nitrogens with one attached hydrogen (secondary N) is 1. The monoisotopic (exact) mass is 265 g/mol. The molecule has 2 aliphatic heterocycles. The molecule has 2 fully saturated rings. The third-order valence-electron chi connectivity index (χ3n) is 4.26. The van der Waals surface area contributed by atoms with Crippen molar-refractivity contribution in [2.24, 2.45) is 0 Å². The molecule has 0 radical (unpaired) electrons. The average molecular weight is 265 g/mol. The number of ether oxygens (including phenoxy) is 2. The summed E-state index contributed by atoms with van der Waals surface area (Å²) < 4.78 is 17.1. The molecule has 1 aromatic rings. The molecule has 3 rings (SSSR count). The van der Waals surface area contributed by atoms with E-state index in [1.165, 1.54) is 0 Å².